The van der Waals surface area contributed by atoms with Crippen molar-refractivity contribution in [3.63, 3.8) is 0 Å². The summed E-state index contributed by atoms with van der Waals surface area (Å²) in [6.07, 6.45) is 1.95. The Balaban J connectivity index is 1.62. The highest BCUT2D eigenvalue weighted by molar-refractivity contribution is 8.00. The molecule has 92 heavy (non-hydrogen) atoms. The first-order valence-electron chi connectivity index (χ1n) is 32.1. The number of imide groups is 1. The molecule has 1 aromatic rings. The molecule has 2 aliphatic heterocycles. The van der Waals surface area contributed by atoms with Gasteiger partial charge in [0.25, 0.3) is 10.0 Å². The van der Waals surface area contributed by atoms with Crippen molar-refractivity contribution in [3.05, 3.63) is 29.8 Å². The van der Waals surface area contributed by atoms with Crippen LogP contribution in [-0.2, 0) is 83.3 Å². The molecule has 0 aliphatic carbocycles. The number of ether oxygens (including phenoxy) is 5. The number of ketones is 2. The number of carbonyl (C=O) groups is 10. The standard InChI is InChI=1S/C64H107N9O17S2/c1-16-42(8)58(71(12)62(81)46(39(2)3)36-50(75)57(41(6)7)70(10)11)51(86-13)37-54(77)72-27-18-20-48(72)59(87-14)43(9)60(79)69-92(84,85)45-23-21-44(22-24-45)35-49(74)47(19-17-26-66-64(65)83)67-61(80)56(40(4)5)68-53(76)25-29-88-31-33-90-34-32-89-30-28-73-55(78)38-52(91-15)63(73)82/h21-24,39-43,46-48,51-52,56-59H,16-20,25-38H2,1-15H3,(H,67,80)(H,68,76)(H,69,79)(H3,65,66,83)/t42-,43+,46-,47-,48-,51+,52?,56-,57-,58-,59+/m0/s1. The van der Waals surface area contributed by atoms with Crippen molar-refractivity contribution in [1.82, 2.24) is 40.3 Å². The maximum absolute atomic E-state index is 14.5. The number of rotatable bonds is 44. The van der Waals surface area contributed by atoms with Crippen LogP contribution in [0.2, 0.25) is 0 Å². The average Bonchev–Trinajstić information content (AvgIpc) is 1.30. The van der Waals surface area contributed by atoms with E-state index in [1.807, 2.05) is 60.5 Å². The predicted octanol–water partition coefficient (Wildman–Crippen LogP) is 3.35. The molecular formula is C64H107N9O17S2. The van der Waals surface area contributed by atoms with E-state index < -0.39 is 93.7 Å². The topological polar surface area (TPSA) is 338 Å². The summed E-state index contributed by atoms with van der Waals surface area (Å²) in [5.74, 6) is -5.67. The highest BCUT2D eigenvalue weighted by Gasteiger charge is 2.44. The summed E-state index contributed by atoms with van der Waals surface area (Å²) in [7, 11) is 3.82. The average molecular weight is 1340 g/mol. The number of methoxy groups -OCH3 is 2. The monoisotopic (exact) mass is 1340 g/mol. The third kappa shape index (κ3) is 24.6. The third-order valence-corrected chi connectivity index (χ3v) is 19.6. The summed E-state index contributed by atoms with van der Waals surface area (Å²) in [4.78, 5) is 139. The van der Waals surface area contributed by atoms with Crippen molar-refractivity contribution in [2.24, 2.45) is 41.2 Å². The Bertz CT molecular complexity index is 2690. The number of sulfonamides is 1. The first-order valence-corrected chi connectivity index (χ1v) is 34.9. The maximum Gasteiger partial charge on any atom is 0.312 e. The lowest BCUT2D eigenvalue weighted by atomic mass is 9.83. The van der Waals surface area contributed by atoms with Gasteiger partial charge in [0.15, 0.2) is 11.6 Å². The van der Waals surface area contributed by atoms with Gasteiger partial charge in [0.05, 0.1) is 105 Å². The number of benzene rings is 1. The summed E-state index contributed by atoms with van der Waals surface area (Å²) in [6.45, 7) is 18.5. The zero-order valence-electron chi connectivity index (χ0n) is 57.0. The number of nitrogens with one attached hydrogen (secondary N) is 4. The second-order valence-corrected chi connectivity index (χ2v) is 27.9. The molecule has 0 spiro atoms. The molecule has 2 heterocycles. The number of hydrogen-bond acceptors (Lipinski definition) is 19. The smallest absolute Gasteiger partial charge is 0.312 e. The molecule has 2 saturated heterocycles. The lowest BCUT2D eigenvalue weighted by molar-refractivity contribution is -0.149. The van der Waals surface area contributed by atoms with E-state index in [9.17, 15) is 56.4 Å². The van der Waals surface area contributed by atoms with Crippen LogP contribution in [0.15, 0.2) is 29.2 Å². The van der Waals surface area contributed by atoms with E-state index in [0.29, 0.717) is 31.4 Å². The molecule has 6 N–H and O–H groups in total. The quantitative estimate of drug-likeness (QED) is 0.0462. The van der Waals surface area contributed by atoms with Crippen LogP contribution in [0.4, 0.5) is 4.79 Å². The number of amides is 9. The summed E-state index contributed by atoms with van der Waals surface area (Å²) in [6, 6.07) is 0.866. The minimum atomic E-state index is -4.49. The summed E-state index contributed by atoms with van der Waals surface area (Å²) >= 11 is 1.35. The molecule has 0 radical (unpaired) electrons. The molecule has 28 heteroatoms. The van der Waals surface area contributed by atoms with Gasteiger partial charge in [-0.3, -0.25) is 53.0 Å². The molecular weight excluding hydrogens is 1230 g/mol. The van der Waals surface area contributed by atoms with Crippen molar-refractivity contribution in [2.75, 3.05) is 101 Å². The van der Waals surface area contributed by atoms with E-state index in [0.717, 1.165) is 0 Å². The number of likely N-dealkylation sites (N-methyl/N-ethyl adjacent to an activating group) is 2. The molecule has 2 aliphatic rings. The number of thioether (sulfide) groups is 1. The van der Waals surface area contributed by atoms with Crippen LogP contribution in [0.5, 0.6) is 0 Å². The van der Waals surface area contributed by atoms with Crippen molar-refractivity contribution >= 4 is 80.7 Å². The van der Waals surface area contributed by atoms with E-state index in [-0.39, 0.29) is 161 Å². The van der Waals surface area contributed by atoms with Crippen molar-refractivity contribution < 1.29 is 80.0 Å². The normalized spacial score (nSPS) is 18.3. The van der Waals surface area contributed by atoms with Crippen molar-refractivity contribution in [2.45, 2.75) is 179 Å². The zero-order chi connectivity index (χ0) is 69.2. The van der Waals surface area contributed by atoms with Crippen LogP contribution in [0.25, 0.3) is 0 Å². The fourth-order valence-corrected chi connectivity index (χ4v) is 13.7. The van der Waals surface area contributed by atoms with Gasteiger partial charge in [-0.1, -0.05) is 80.9 Å². The lowest BCUT2D eigenvalue weighted by Gasteiger charge is -2.41. The van der Waals surface area contributed by atoms with Crippen LogP contribution < -0.4 is 26.4 Å². The summed E-state index contributed by atoms with van der Waals surface area (Å²) < 4.78 is 58.3. The fraction of sp³-hybridized carbons (Fsp3) is 0.750. The van der Waals surface area contributed by atoms with Gasteiger partial charge < -0.3 is 55.2 Å². The Kier molecular flexibility index (Phi) is 35.0. The van der Waals surface area contributed by atoms with Gasteiger partial charge >= 0.3 is 6.03 Å². The zero-order valence-corrected chi connectivity index (χ0v) is 58.6. The van der Waals surface area contributed by atoms with Gasteiger partial charge in [0.2, 0.25) is 41.4 Å². The first-order chi connectivity index (χ1) is 43.4. The third-order valence-electron chi connectivity index (χ3n) is 17.3. The Morgan fingerprint density at radius 3 is 1.93 bits per heavy atom. The molecule has 2 fully saturated rings. The van der Waals surface area contributed by atoms with E-state index in [1.54, 1.807) is 37.0 Å². The van der Waals surface area contributed by atoms with Crippen LogP contribution in [0.3, 0.4) is 0 Å². The van der Waals surface area contributed by atoms with Gasteiger partial charge in [-0.2, -0.15) is 11.8 Å². The Labute approximate surface area is 549 Å². The number of carbonyl (C=O) groups excluding carboxylic acids is 10. The van der Waals surface area contributed by atoms with Crippen LogP contribution in [-0.4, -0.2) is 236 Å². The largest absolute Gasteiger partial charge is 0.379 e. The molecule has 0 bridgehead atoms. The number of hydrogen-bond donors (Lipinski definition) is 5. The van der Waals surface area contributed by atoms with Gasteiger partial charge in [-0.25, -0.2) is 17.9 Å². The van der Waals surface area contributed by atoms with Gasteiger partial charge in [-0.05, 0) is 87.4 Å². The molecule has 1 unspecified atom stereocenters. The van der Waals surface area contributed by atoms with E-state index in [4.69, 9.17) is 29.4 Å². The van der Waals surface area contributed by atoms with Gasteiger partial charge in [-0.15, -0.1) is 0 Å². The van der Waals surface area contributed by atoms with E-state index in [2.05, 4.69) is 20.7 Å². The Morgan fingerprint density at radius 2 is 1.40 bits per heavy atom. The SMILES string of the molecule is CC[C@H](C)[C@@H]([C@@H](CC(=O)N1CCC[C@H]1[C@H](OC)[C@@H](C)C(=O)NS(=O)(=O)c1ccc(CC(=O)[C@H](CCCNC(N)=O)NC(=O)[C@@H](NC(=O)CCOCCOCCOCCN2C(=O)CC(SC)C2=O)C(C)C)cc1)OC)N(C)C(=O)[C@@H](CC(=O)[C@H](C(C)C)N(C)C)C(C)C. The molecule has 522 valence electrons. The van der Waals surface area contributed by atoms with Crippen molar-refractivity contribution in [3.8, 4) is 0 Å². The minimum absolute atomic E-state index is 0.0143. The summed E-state index contributed by atoms with van der Waals surface area (Å²) in [5, 5.41) is 7.59. The van der Waals surface area contributed by atoms with Crippen molar-refractivity contribution in [1.29, 1.82) is 0 Å². The molecule has 3 rings (SSSR count). The highest BCUT2D eigenvalue weighted by atomic mass is 32.2. The second kappa shape index (κ2) is 39.9. The molecule has 0 saturated carbocycles. The number of Topliss-reactive ketones (excluding diaryl/α,β-unsaturated/α-hetero) is 2. The minimum Gasteiger partial charge on any atom is -0.379 e. The van der Waals surface area contributed by atoms with Crippen LogP contribution in [0, 0.1) is 35.5 Å². The number of nitrogens with two attached hydrogens (primary N) is 1. The highest BCUT2D eigenvalue weighted by Crippen LogP contribution is 2.32. The second-order valence-electron chi connectivity index (χ2n) is 25.2. The van der Waals surface area contributed by atoms with E-state index >= 15 is 0 Å². The molecule has 9 amide bonds. The first kappa shape index (κ1) is 80.6. The molecule has 0 aromatic heterocycles. The number of likely N-dealkylation sites (tertiary alicyclic amines) is 2. The fourth-order valence-electron chi connectivity index (χ4n) is 12.0. The summed E-state index contributed by atoms with van der Waals surface area (Å²) in [5.41, 5.74) is 5.63. The van der Waals surface area contributed by atoms with Gasteiger partial charge in [0.1, 0.15) is 6.04 Å². The maximum atomic E-state index is 14.5. The van der Waals surface area contributed by atoms with Gasteiger partial charge in [0, 0.05) is 66.0 Å². The number of primary amides is 1. The van der Waals surface area contributed by atoms with Crippen LogP contribution >= 0.6 is 11.8 Å². The number of nitrogens with zero attached hydrogens (tertiary/aromatic N) is 4. The molecule has 26 nitrogen and oxygen atoms in total. The molecule has 11 atom stereocenters. The Morgan fingerprint density at radius 1 is 0.783 bits per heavy atom. The predicted molar refractivity (Wildman–Crippen MR) is 348 cm³/mol. The Hall–Kier alpha value is -5.62. The molecule has 1 aromatic carbocycles. The van der Waals surface area contributed by atoms with E-state index in [1.165, 1.54) is 62.1 Å². The van der Waals surface area contributed by atoms with Crippen LogP contribution in [0.1, 0.15) is 126 Å². The number of urea groups is 1. The lowest BCUT2D eigenvalue weighted by Crippen LogP contribution is -2.54.